The highest BCUT2D eigenvalue weighted by molar-refractivity contribution is 5.90. The van der Waals surface area contributed by atoms with Gasteiger partial charge < -0.3 is 5.11 Å². The summed E-state index contributed by atoms with van der Waals surface area (Å²) in [6, 6.07) is 5.20. The van der Waals surface area contributed by atoms with Gasteiger partial charge >= 0.3 is 5.97 Å². The maximum Gasteiger partial charge on any atom is 0.354 e. The van der Waals surface area contributed by atoms with Crippen LogP contribution in [0.2, 0.25) is 0 Å². The smallest absolute Gasteiger partial charge is 0.354 e. The first-order valence-corrected chi connectivity index (χ1v) is 4.14. The number of carbonyl (C=O) groups is 1. The van der Waals surface area contributed by atoms with Crippen molar-refractivity contribution in [3.8, 4) is 0 Å². The Bertz CT molecular complexity index is 508. The third kappa shape index (κ3) is 1.31. The summed E-state index contributed by atoms with van der Waals surface area (Å²) in [4.78, 5) is 18.9. The van der Waals surface area contributed by atoms with Gasteiger partial charge in [-0.25, -0.2) is 9.78 Å². The van der Waals surface area contributed by atoms with Crippen LogP contribution in [0.1, 0.15) is 16.1 Å². The fraction of sp³-hybridized carbons (Fsp3) is 0.100. The fourth-order valence-electron chi connectivity index (χ4n) is 1.31. The van der Waals surface area contributed by atoms with Gasteiger partial charge in [-0.2, -0.15) is 0 Å². The summed E-state index contributed by atoms with van der Waals surface area (Å²) in [7, 11) is 0. The lowest BCUT2D eigenvalue weighted by Gasteiger charge is -2.01. The van der Waals surface area contributed by atoms with E-state index >= 15 is 0 Å². The fourth-order valence-corrected chi connectivity index (χ4v) is 1.31. The molecule has 0 amide bonds. The summed E-state index contributed by atoms with van der Waals surface area (Å²) in [6.45, 7) is 1.71. The van der Waals surface area contributed by atoms with Crippen molar-refractivity contribution in [3.63, 3.8) is 0 Å². The van der Waals surface area contributed by atoms with Gasteiger partial charge in [0.1, 0.15) is 0 Å². The standard InChI is InChI=1S/C10H8N2O2/c1-6-5-8-7(3-2-4-11-8)12-9(6)10(13)14/h2-5H,1H3,(H,13,14). The lowest BCUT2D eigenvalue weighted by Crippen LogP contribution is -2.03. The van der Waals surface area contributed by atoms with E-state index in [1.165, 1.54) is 0 Å². The molecule has 0 aromatic carbocycles. The van der Waals surface area contributed by atoms with Gasteiger partial charge in [0, 0.05) is 6.20 Å². The lowest BCUT2D eigenvalue weighted by molar-refractivity contribution is 0.0690. The second-order valence-corrected chi connectivity index (χ2v) is 3.00. The number of rotatable bonds is 1. The van der Waals surface area contributed by atoms with E-state index in [4.69, 9.17) is 5.11 Å². The van der Waals surface area contributed by atoms with Crippen molar-refractivity contribution >= 4 is 17.0 Å². The summed E-state index contributed by atoms with van der Waals surface area (Å²) in [6.07, 6.45) is 1.66. The zero-order valence-electron chi connectivity index (χ0n) is 7.56. The van der Waals surface area contributed by atoms with E-state index in [0.29, 0.717) is 11.1 Å². The number of aromatic nitrogens is 2. The Kier molecular flexibility index (Phi) is 1.89. The highest BCUT2D eigenvalue weighted by atomic mass is 16.4. The molecule has 4 nitrogen and oxygen atoms in total. The molecule has 0 saturated heterocycles. The zero-order chi connectivity index (χ0) is 10.1. The Labute approximate surface area is 80.2 Å². The van der Waals surface area contributed by atoms with Crippen LogP contribution in [0.4, 0.5) is 0 Å². The third-order valence-electron chi connectivity index (χ3n) is 1.98. The van der Waals surface area contributed by atoms with Crippen molar-refractivity contribution in [2.24, 2.45) is 0 Å². The molecule has 2 aromatic rings. The number of aryl methyl sites for hydroxylation is 1. The first-order chi connectivity index (χ1) is 6.68. The van der Waals surface area contributed by atoms with E-state index in [-0.39, 0.29) is 5.69 Å². The van der Waals surface area contributed by atoms with Gasteiger partial charge in [-0.15, -0.1) is 0 Å². The van der Waals surface area contributed by atoms with Crippen LogP contribution in [-0.4, -0.2) is 21.0 Å². The van der Waals surface area contributed by atoms with E-state index in [9.17, 15) is 4.79 Å². The molecule has 0 aliphatic heterocycles. The Morgan fingerprint density at radius 3 is 2.93 bits per heavy atom. The molecular formula is C10H8N2O2. The summed E-state index contributed by atoms with van der Waals surface area (Å²) in [5.74, 6) is -1.01. The van der Waals surface area contributed by atoms with Crippen molar-refractivity contribution in [1.82, 2.24) is 9.97 Å². The van der Waals surface area contributed by atoms with Crippen LogP contribution in [0.25, 0.3) is 11.0 Å². The quantitative estimate of drug-likeness (QED) is 0.738. The molecule has 0 aliphatic rings. The zero-order valence-corrected chi connectivity index (χ0v) is 7.56. The molecule has 70 valence electrons. The Hall–Kier alpha value is -1.97. The topological polar surface area (TPSA) is 63.1 Å². The number of hydrogen-bond acceptors (Lipinski definition) is 3. The molecule has 0 spiro atoms. The monoisotopic (exact) mass is 188 g/mol. The highest BCUT2D eigenvalue weighted by Crippen LogP contribution is 2.13. The molecule has 4 heteroatoms. The van der Waals surface area contributed by atoms with Crippen LogP contribution in [0.15, 0.2) is 24.4 Å². The minimum Gasteiger partial charge on any atom is -0.477 e. The van der Waals surface area contributed by atoms with Crippen LogP contribution in [0.5, 0.6) is 0 Å². The number of carboxylic acids is 1. The Balaban J connectivity index is 2.77. The molecule has 0 fully saturated rings. The number of aromatic carboxylic acids is 1. The number of nitrogens with zero attached hydrogens (tertiary/aromatic N) is 2. The molecular weight excluding hydrogens is 180 g/mol. The van der Waals surface area contributed by atoms with E-state index in [1.807, 2.05) is 0 Å². The molecule has 1 N–H and O–H groups in total. The minimum atomic E-state index is -1.01. The average molecular weight is 188 g/mol. The van der Waals surface area contributed by atoms with Gasteiger partial charge in [0.05, 0.1) is 11.0 Å². The number of fused-ring (bicyclic) bond motifs is 1. The Morgan fingerprint density at radius 1 is 1.43 bits per heavy atom. The molecule has 2 aromatic heterocycles. The molecule has 0 atom stereocenters. The molecule has 0 aliphatic carbocycles. The molecule has 2 rings (SSSR count). The molecule has 0 radical (unpaired) electrons. The number of carboxylic acid groups (broad SMARTS) is 1. The van der Waals surface area contributed by atoms with Crippen molar-refractivity contribution in [3.05, 3.63) is 35.7 Å². The third-order valence-corrected chi connectivity index (χ3v) is 1.98. The average Bonchev–Trinajstić information content (AvgIpc) is 2.16. The predicted octanol–water partition coefficient (Wildman–Crippen LogP) is 1.64. The van der Waals surface area contributed by atoms with Gasteiger partial charge in [0.15, 0.2) is 5.69 Å². The van der Waals surface area contributed by atoms with E-state index in [1.54, 1.807) is 31.3 Å². The molecule has 0 bridgehead atoms. The summed E-state index contributed by atoms with van der Waals surface area (Å²) >= 11 is 0. The first kappa shape index (κ1) is 8.62. The van der Waals surface area contributed by atoms with Crippen molar-refractivity contribution in [2.75, 3.05) is 0 Å². The van der Waals surface area contributed by atoms with E-state index < -0.39 is 5.97 Å². The van der Waals surface area contributed by atoms with Crippen LogP contribution >= 0.6 is 0 Å². The lowest BCUT2D eigenvalue weighted by atomic mass is 10.2. The second-order valence-electron chi connectivity index (χ2n) is 3.00. The van der Waals surface area contributed by atoms with Crippen molar-refractivity contribution < 1.29 is 9.90 Å². The second kappa shape index (κ2) is 3.06. The summed E-state index contributed by atoms with van der Waals surface area (Å²) in [5, 5.41) is 8.84. The maximum absolute atomic E-state index is 10.8. The highest BCUT2D eigenvalue weighted by Gasteiger charge is 2.10. The molecule has 2 heterocycles. The van der Waals surface area contributed by atoms with E-state index in [0.717, 1.165) is 5.52 Å². The van der Waals surface area contributed by atoms with Crippen LogP contribution < -0.4 is 0 Å². The van der Waals surface area contributed by atoms with Gasteiger partial charge in [0.2, 0.25) is 0 Å². The van der Waals surface area contributed by atoms with Crippen LogP contribution in [0.3, 0.4) is 0 Å². The molecule has 0 unspecified atom stereocenters. The van der Waals surface area contributed by atoms with Crippen molar-refractivity contribution in [2.45, 2.75) is 6.92 Å². The molecule has 0 saturated carbocycles. The number of pyridine rings is 2. The Morgan fingerprint density at radius 2 is 2.21 bits per heavy atom. The molecule has 14 heavy (non-hydrogen) atoms. The SMILES string of the molecule is Cc1cc2ncccc2nc1C(=O)O. The number of hydrogen-bond donors (Lipinski definition) is 1. The summed E-state index contributed by atoms with van der Waals surface area (Å²) in [5.41, 5.74) is 2.04. The predicted molar refractivity (Wildman–Crippen MR) is 51.2 cm³/mol. The maximum atomic E-state index is 10.8. The van der Waals surface area contributed by atoms with Crippen LogP contribution in [0, 0.1) is 6.92 Å². The summed E-state index contributed by atoms with van der Waals surface area (Å²) < 4.78 is 0. The largest absolute Gasteiger partial charge is 0.477 e. The van der Waals surface area contributed by atoms with E-state index in [2.05, 4.69) is 9.97 Å². The van der Waals surface area contributed by atoms with Gasteiger partial charge in [-0.05, 0) is 30.7 Å². The minimum absolute atomic E-state index is 0.0884. The van der Waals surface area contributed by atoms with Gasteiger partial charge in [-0.3, -0.25) is 4.98 Å². The van der Waals surface area contributed by atoms with Gasteiger partial charge in [-0.1, -0.05) is 0 Å². The normalized spacial score (nSPS) is 10.4. The van der Waals surface area contributed by atoms with Crippen LogP contribution in [-0.2, 0) is 0 Å². The van der Waals surface area contributed by atoms with Gasteiger partial charge in [0.25, 0.3) is 0 Å². The van der Waals surface area contributed by atoms with Crippen molar-refractivity contribution in [1.29, 1.82) is 0 Å². The first-order valence-electron chi connectivity index (χ1n) is 4.14.